The summed E-state index contributed by atoms with van der Waals surface area (Å²) in [6, 6.07) is 71.5. The lowest BCUT2D eigenvalue weighted by Gasteiger charge is -2.10. The van der Waals surface area contributed by atoms with E-state index >= 15 is 0 Å². The van der Waals surface area contributed by atoms with Gasteiger partial charge in [-0.25, -0.2) is 15.0 Å². The Labute approximate surface area is 361 Å². The van der Waals surface area contributed by atoms with Crippen LogP contribution in [-0.2, 0) is 0 Å². The molecule has 63 heavy (non-hydrogen) atoms. The summed E-state index contributed by atoms with van der Waals surface area (Å²) in [6.07, 6.45) is 0. The molecule has 294 valence electrons. The maximum absolute atomic E-state index is 6.55. The Bertz CT molecular complexity index is 3900. The molecule has 0 amide bonds. The maximum atomic E-state index is 6.55. The third-order valence-electron chi connectivity index (χ3n) is 12.3. The summed E-state index contributed by atoms with van der Waals surface area (Å²) in [6.45, 7) is 0. The molecule has 0 unspecified atom stereocenters. The number of rotatable bonds is 6. The molecule has 9 aromatic carbocycles. The van der Waals surface area contributed by atoms with Crippen molar-refractivity contribution in [1.29, 1.82) is 0 Å². The van der Waals surface area contributed by atoms with E-state index in [4.69, 9.17) is 23.8 Å². The van der Waals surface area contributed by atoms with Crippen LogP contribution < -0.4 is 0 Å². The van der Waals surface area contributed by atoms with E-state index in [9.17, 15) is 0 Å². The SMILES string of the molecule is c1ccc(-c2nc(-c3ccc4c(c3)oc3cccc(-c5ccccc5)c34)nc(-c3cccc4oc5ccc(-c6ccc7c8ccccc8n(-c8ccccc8)c7c6)cc5c34)n2)cc1. The molecule has 0 saturated heterocycles. The summed E-state index contributed by atoms with van der Waals surface area (Å²) >= 11 is 0. The van der Waals surface area contributed by atoms with Gasteiger partial charge in [0.1, 0.15) is 22.3 Å². The fraction of sp³-hybridized carbons (Fsp3) is 0. The quantitative estimate of drug-likeness (QED) is 0.167. The van der Waals surface area contributed by atoms with Gasteiger partial charge in [0.25, 0.3) is 0 Å². The van der Waals surface area contributed by atoms with Crippen molar-refractivity contribution in [3.63, 3.8) is 0 Å². The average molecular weight is 807 g/mol. The van der Waals surface area contributed by atoms with Gasteiger partial charge in [0, 0.05) is 54.7 Å². The van der Waals surface area contributed by atoms with E-state index in [1.54, 1.807) is 0 Å². The van der Waals surface area contributed by atoms with Crippen molar-refractivity contribution in [2.45, 2.75) is 0 Å². The Morgan fingerprint density at radius 3 is 1.67 bits per heavy atom. The number of fused-ring (bicyclic) bond motifs is 9. The van der Waals surface area contributed by atoms with Crippen molar-refractivity contribution in [1.82, 2.24) is 19.5 Å². The largest absolute Gasteiger partial charge is 0.456 e. The number of para-hydroxylation sites is 2. The highest BCUT2D eigenvalue weighted by atomic mass is 16.3. The van der Waals surface area contributed by atoms with Gasteiger partial charge < -0.3 is 13.4 Å². The lowest BCUT2D eigenvalue weighted by Crippen LogP contribution is -2.00. The average Bonchev–Trinajstić information content (AvgIpc) is 4.03. The Balaban J connectivity index is 0.976. The zero-order chi connectivity index (χ0) is 41.4. The molecule has 0 atom stereocenters. The Hall–Kier alpha value is -8.61. The van der Waals surface area contributed by atoms with Crippen LogP contribution in [0.4, 0.5) is 0 Å². The zero-order valence-corrected chi connectivity index (χ0v) is 33.7. The van der Waals surface area contributed by atoms with Crippen molar-refractivity contribution < 1.29 is 8.83 Å². The predicted molar refractivity (Wildman–Crippen MR) is 256 cm³/mol. The van der Waals surface area contributed by atoms with Crippen molar-refractivity contribution in [2.24, 2.45) is 0 Å². The van der Waals surface area contributed by atoms with Crippen LogP contribution in [0.3, 0.4) is 0 Å². The van der Waals surface area contributed by atoms with E-state index in [0.717, 1.165) is 94.0 Å². The molecule has 0 fully saturated rings. The molecule has 0 N–H and O–H groups in total. The summed E-state index contributed by atoms with van der Waals surface area (Å²) in [5.41, 5.74) is 13.7. The monoisotopic (exact) mass is 806 g/mol. The first kappa shape index (κ1) is 35.2. The first-order valence-electron chi connectivity index (χ1n) is 21.1. The third-order valence-corrected chi connectivity index (χ3v) is 12.3. The maximum Gasteiger partial charge on any atom is 0.164 e. The van der Waals surface area contributed by atoms with Gasteiger partial charge in [0.2, 0.25) is 0 Å². The molecule has 13 aromatic rings. The van der Waals surface area contributed by atoms with Gasteiger partial charge >= 0.3 is 0 Å². The van der Waals surface area contributed by atoms with Gasteiger partial charge in [-0.15, -0.1) is 0 Å². The molecule has 0 aliphatic heterocycles. The fourth-order valence-corrected chi connectivity index (χ4v) is 9.36. The number of benzene rings is 9. The van der Waals surface area contributed by atoms with Crippen LogP contribution in [0.1, 0.15) is 0 Å². The molecule has 0 radical (unpaired) electrons. The minimum atomic E-state index is 0.553. The Morgan fingerprint density at radius 1 is 0.302 bits per heavy atom. The second kappa shape index (κ2) is 14.0. The van der Waals surface area contributed by atoms with E-state index in [1.807, 2.05) is 66.7 Å². The normalized spacial score (nSPS) is 11.8. The van der Waals surface area contributed by atoms with Crippen LogP contribution in [-0.4, -0.2) is 19.5 Å². The van der Waals surface area contributed by atoms with Crippen molar-refractivity contribution in [2.75, 3.05) is 0 Å². The summed E-state index contributed by atoms with van der Waals surface area (Å²) < 4.78 is 15.4. The molecule has 13 rings (SSSR count). The third kappa shape index (κ3) is 5.69. The molecular formula is C57H34N4O2. The Kier molecular flexibility index (Phi) is 7.80. The van der Waals surface area contributed by atoms with Crippen molar-refractivity contribution >= 4 is 65.7 Å². The van der Waals surface area contributed by atoms with Crippen LogP contribution in [0.2, 0.25) is 0 Å². The van der Waals surface area contributed by atoms with Gasteiger partial charge in [0.05, 0.1) is 11.0 Å². The van der Waals surface area contributed by atoms with E-state index in [1.165, 1.54) is 16.3 Å². The van der Waals surface area contributed by atoms with E-state index in [2.05, 4.69) is 144 Å². The smallest absolute Gasteiger partial charge is 0.164 e. The van der Waals surface area contributed by atoms with Crippen LogP contribution in [0, 0.1) is 0 Å². The first-order valence-corrected chi connectivity index (χ1v) is 21.1. The topological polar surface area (TPSA) is 69.9 Å². The molecule has 4 aromatic heterocycles. The van der Waals surface area contributed by atoms with E-state index in [0.29, 0.717) is 17.5 Å². The number of furan rings is 2. The van der Waals surface area contributed by atoms with Crippen LogP contribution in [0.5, 0.6) is 0 Å². The van der Waals surface area contributed by atoms with Gasteiger partial charge in [-0.2, -0.15) is 0 Å². The minimum absolute atomic E-state index is 0.553. The number of aromatic nitrogens is 4. The summed E-state index contributed by atoms with van der Waals surface area (Å²) in [5, 5.41) is 6.51. The summed E-state index contributed by atoms with van der Waals surface area (Å²) in [7, 11) is 0. The Morgan fingerprint density at radius 2 is 0.873 bits per heavy atom. The lowest BCUT2D eigenvalue weighted by molar-refractivity contribution is 0.668. The molecule has 4 heterocycles. The van der Waals surface area contributed by atoms with Crippen LogP contribution in [0.25, 0.3) is 128 Å². The minimum Gasteiger partial charge on any atom is -0.456 e. The molecule has 0 spiro atoms. The second-order valence-electron chi connectivity index (χ2n) is 15.9. The van der Waals surface area contributed by atoms with E-state index in [-0.39, 0.29) is 0 Å². The highest BCUT2D eigenvalue weighted by Gasteiger charge is 2.21. The van der Waals surface area contributed by atoms with Crippen molar-refractivity contribution in [3.05, 3.63) is 206 Å². The van der Waals surface area contributed by atoms with Crippen LogP contribution in [0.15, 0.2) is 215 Å². The fourth-order valence-electron chi connectivity index (χ4n) is 9.36. The van der Waals surface area contributed by atoms with Crippen LogP contribution >= 0.6 is 0 Å². The van der Waals surface area contributed by atoms with Gasteiger partial charge in [-0.3, -0.25) is 0 Å². The van der Waals surface area contributed by atoms with Gasteiger partial charge in [-0.05, 0) is 82.9 Å². The summed E-state index contributed by atoms with van der Waals surface area (Å²) in [4.78, 5) is 15.5. The van der Waals surface area contributed by atoms with E-state index < -0.39 is 0 Å². The second-order valence-corrected chi connectivity index (χ2v) is 15.9. The number of nitrogens with zero attached hydrogens (tertiary/aromatic N) is 4. The van der Waals surface area contributed by atoms with Crippen molar-refractivity contribution in [3.8, 4) is 62.1 Å². The molecule has 0 aliphatic carbocycles. The molecular weight excluding hydrogens is 773 g/mol. The van der Waals surface area contributed by atoms with Gasteiger partial charge in [-0.1, -0.05) is 146 Å². The first-order chi connectivity index (χ1) is 31.2. The lowest BCUT2D eigenvalue weighted by atomic mass is 9.99. The summed E-state index contributed by atoms with van der Waals surface area (Å²) in [5.74, 6) is 1.69. The highest BCUT2D eigenvalue weighted by molar-refractivity contribution is 6.15. The molecule has 6 heteroatoms. The molecule has 0 saturated carbocycles. The number of hydrogen-bond donors (Lipinski definition) is 0. The zero-order valence-electron chi connectivity index (χ0n) is 33.7. The standard InChI is InChI=1S/C57H34N4O2/c1-4-14-35(15-5-1)41-21-12-24-50-53(41)44-30-27-39(34-52(44)63-50)56-58-55(36-16-6-2-7-17-36)59-57(60-56)45-22-13-25-51-54(45)46-32-37(28-31-49(46)62-51)38-26-29-43-42-20-10-11-23-47(42)61(48(43)33-38)40-18-8-3-9-19-40/h1-34H. The highest BCUT2D eigenvalue weighted by Crippen LogP contribution is 2.42. The van der Waals surface area contributed by atoms with Gasteiger partial charge in [0.15, 0.2) is 17.5 Å². The molecule has 0 aliphatic rings. The molecule has 6 nitrogen and oxygen atoms in total. The predicted octanol–water partition coefficient (Wildman–Crippen LogP) is 15.1. The number of hydrogen-bond acceptors (Lipinski definition) is 5. The molecule has 0 bridgehead atoms.